The van der Waals surface area contributed by atoms with Crippen molar-refractivity contribution in [1.82, 2.24) is 15.1 Å². The zero-order chi connectivity index (χ0) is 30.2. The number of carbonyl (C=O) groups is 3. The first-order chi connectivity index (χ1) is 19.7. The first-order valence-electron chi connectivity index (χ1n) is 13.8. The largest absolute Gasteiger partial charge is 0.481 e. The third-order valence-electron chi connectivity index (χ3n) is 9.08. The van der Waals surface area contributed by atoms with Gasteiger partial charge < -0.3 is 10.4 Å². The van der Waals surface area contributed by atoms with Gasteiger partial charge in [0.1, 0.15) is 0 Å². The summed E-state index contributed by atoms with van der Waals surface area (Å²) in [6.07, 6.45) is -2.18. The zero-order valence-electron chi connectivity index (χ0n) is 22.2. The number of carboxylic acid groups (broad SMARTS) is 1. The van der Waals surface area contributed by atoms with Crippen LogP contribution in [0.4, 0.5) is 22.0 Å². The summed E-state index contributed by atoms with van der Waals surface area (Å²) in [4.78, 5) is 38.4. The molecule has 0 aliphatic heterocycles. The Balaban J connectivity index is 1.41. The molecule has 7 nitrogen and oxygen atoms in total. The molecule has 2 fully saturated rings. The molecule has 1 heterocycles. The maximum absolute atomic E-state index is 14.1. The number of carbonyl (C=O) groups excluding carboxylic acids is 2. The Hall–Kier alpha value is -3.28. The number of aliphatic carboxylic acids is 1. The fourth-order valence-electron chi connectivity index (χ4n) is 6.27. The highest BCUT2D eigenvalue weighted by molar-refractivity contribution is 6.34. The molecule has 1 aromatic carbocycles. The Morgan fingerprint density at radius 1 is 1.10 bits per heavy atom. The second-order valence-electron chi connectivity index (χ2n) is 11.7. The van der Waals surface area contributed by atoms with Crippen LogP contribution >= 0.6 is 11.6 Å². The number of nitrogens with zero attached hydrogens (tertiary/aromatic N) is 2. The van der Waals surface area contributed by atoms with E-state index in [4.69, 9.17) is 11.6 Å². The lowest BCUT2D eigenvalue weighted by atomic mass is 9.82. The highest BCUT2D eigenvalue weighted by Gasteiger charge is 2.65. The van der Waals surface area contributed by atoms with E-state index in [-0.39, 0.29) is 48.3 Å². The second-order valence-corrected chi connectivity index (χ2v) is 12.1. The van der Waals surface area contributed by atoms with Crippen molar-refractivity contribution in [2.24, 2.45) is 11.8 Å². The van der Waals surface area contributed by atoms with Crippen molar-refractivity contribution in [3.63, 3.8) is 0 Å². The van der Waals surface area contributed by atoms with Gasteiger partial charge in [0.15, 0.2) is 0 Å². The van der Waals surface area contributed by atoms with E-state index < -0.39 is 59.6 Å². The van der Waals surface area contributed by atoms with Crippen LogP contribution in [0.1, 0.15) is 77.8 Å². The number of fused-ring (bicyclic) bond motifs is 1. The normalized spacial score (nSPS) is 25.7. The standard InChI is InChI=1S/C29H27ClF5N3O4/c30-19-3-1-2-18(27(10-11-27)29(33,34)35)22(19)25(40)38-20-12-16(24(39)36-21-13-28(21,31)32)8-9-17(20)23(37-38)14-4-6-15(7-5-14)26(41)42/h1-4,15-16,21H,5-13H2,(H,36,39)(H,41,42). The minimum Gasteiger partial charge on any atom is -0.481 e. The molecule has 4 aliphatic carbocycles. The highest BCUT2D eigenvalue weighted by Crippen LogP contribution is 2.60. The van der Waals surface area contributed by atoms with Crippen molar-refractivity contribution in [1.29, 1.82) is 0 Å². The molecular weight excluding hydrogens is 585 g/mol. The summed E-state index contributed by atoms with van der Waals surface area (Å²) < 4.78 is 70.4. The molecular formula is C29H27ClF5N3O4. The molecule has 1 amide bonds. The van der Waals surface area contributed by atoms with Crippen molar-refractivity contribution in [3.05, 3.63) is 57.4 Å². The third-order valence-corrected chi connectivity index (χ3v) is 9.39. The zero-order valence-corrected chi connectivity index (χ0v) is 23.0. The van der Waals surface area contributed by atoms with Crippen LogP contribution in [0.15, 0.2) is 24.3 Å². The van der Waals surface area contributed by atoms with E-state index in [1.165, 1.54) is 18.2 Å². The number of hydrogen-bond donors (Lipinski definition) is 2. The number of hydrogen-bond acceptors (Lipinski definition) is 4. The quantitative estimate of drug-likeness (QED) is 0.407. The molecule has 3 atom stereocenters. The summed E-state index contributed by atoms with van der Waals surface area (Å²) in [7, 11) is 0. The molecule has 1 aromatic heterocycles. The van der Waals surface area contributed by atoms with Crippen LogP contribution < -0.4 is 5.32 Å². The van der Waals surface area contributed by atoms with Gasteiger partial charge in [-0.05, 0) is 62.1 Å². The predicted octanol–water partition coefficient (Wildman–Crippen LogP) is 5.72. The van der Waals surface area contributed by atoms with Gasteiger partial charge in [-0.1, -0.05) is 29.8 Å². The van der Waals surface area contributed by atoms with Crippen molar-refractivity contribution >= 4 is 35.0 Å². The number of halogens is 6. The Bertz CT molecular complexity index is 1530. The number of allylic oxidation sites excluding steroid dienone is 2. The summed E-state index contributed by atoms with van der Waals surface area (Å²) >= 11 is 6.38. The van der Waals surface area contributed by atoms with Gasteiger partial charge in [-0.25, -0.2) is 8.78 Å². The Morgan fingerprint density at radius 3 is 2.36 bits per heavy atom. The molecule has 13 heteroatoms. The van der Waals surface area contributed by atoms with Crippen molar-refractivity contribution in [3.8, 4) is 0 Å². The lowest BCUT2D eigenvalue weighted by Gasteiger charge is -2.25. The van der Waals surface area contributed by atoms with Crippen LogP contribution in [-0.4, -0.2) is 50.8 Å². The van der Waals surface area contributed by atoms with Crippen LogP contribution in [0.2, 0.25) is 5.02 Å². The summed E-state index contributed by atoms with van der Waals surface area (Å²) in [6, 6.07) is 2.71. The highest BCUT2D eigenvalue weighted by atomic mass is 35.5. The molecule has 0 radical (unpaired) electrons. The van der Waals surface area contributed by atoms with E-state index in [9.17, 15) is 41.4 Å². The molecule has 0 spiro atoms. The molecule has 2 aromatic rings. The van der Waals surface area contributed by atoms with E-state index in [0.29, 0.717) is 41.8 Å². The lowest BCUT2D eigenvalue weighted by Crippen LogP contribution is -2.38. The van der Waals surface area contributed by atoms with E-state index in [1.54, 1.807) is 6.08 Å². The number of benzene rings is 1. The van der Waals surface area contributed by atoms with E-state index in [2.05, 4.69) is 10.4 Å². The van der Waals surface area contributed by atoms with E-state index >= 15 is 0 Å². The molecule has 4 aliphatic rings. The van der Waals surface area contributed by atoms with Crippen LogP contribution in [0.25, 0.3) is 5.57 Å². The monoisotopic (exact) mass is 611 g/mol. The molecule has 6 rings (SSSR count). The van der Waals surface area contributed by atoms with Crippen LogP contribution in [0.3, 0.4) is 0 Å². The first-order valence-corrected chi connectivity index (χ1v) is 14.2. The Morgan fingerprint density at radius 2 is 1.79 bits per heavy atom. The average molecular weight is 612 g/mol. The van der Waals surface area contributed by atoms with E-state index in [0.717, 1.165) is 4.68 Å². The van der Waals surface area contributed by atoms with Crippen molar-refractivity contribution in [2.75, 3.05) is 0 Å². The van der Waals surface area contributed by atoms with Crippen LogP contribution in [0.5, 0.6) is 0 Å². The average Bonchev–Trinajstić information content (AvgIpc) is 3.82. The number of nitrogens with one attached hydrogen (secondary N) is 1. The maximum Gasteiger partial charge on any atom is 0.398 e. The number of amides is 1. The van der Waals surface area contributed by atoms with Gasteiger partial charge in [0.05, 0.1) is 39.3 Å². The topological polar surface area (TPSA) is 101 Å². The fraction of sp³-hybridized carbons (Fsp3) is 0.517. The number of aromatic nitrogens is 2. The molecule has 2 N–H and O–H groups in total. The number of alkyl halides is 5. The van der Waals surface area contributed by atoms with Crippen molar-refractivity contribution in [2.45, 2.75) is 81.3 Å². The Labute approximate surface area is 242 Å². The molecule has 3 unspecified atom stereocenters. The first kappa shape index (κ1) is 28.8. The summed E-state index contributed by atoms with van der Waals surface area (Å²) in [5, 5.41) is 16.1. The smallest absolute Gasteiger partial charge is 0.398 e. The summed E-state index contributed by atoms with van der Waals surface area (Å²) in [5.41, 5.74) is -0.666. The van der Waals surface area contributed by atoms with Gasteiger partial charge in [-0.2, -0.15) is 23.0 Å². The maximum atomic E-state index is 14.1. The minimum atomic E-state index is -4.61. The number of rotatable bonds is 6. The van der Waals surface area contributed by atoms with Crippen LogP contribution in [-0.2, 0) is 27.8 Å². The third kappa shape index (κ3) is 4.81. The number of carboxylic acids is 1. The van der Waals surface area contributed by atoms with E-state index in [1.807, 2.05) is 0 Å². The fourth-order valence-corrected chi connectivity index (χ4v) is 6.53. The van der Waals surface area contributed by atoms with Crippen molar-refractivity contribution < 1.29 is 41.4 Å². The van der Waals surface area contributed by atoms with Gasteiger partial charge in [0, 0.05) is 24.3 Å². The van der Waals surface area contributed by atoms with Gasteiger partial charge in [0.2, 0.25) is 5.91 Å². The lowest BCUT2D eigenvalue weighted by molar-refractivity contribution is -0.160. The van der Waals surface area contributed by atoms with Crippen LogP contribution in [0, 0.1) is 11.8 Å². The molecule has 0 bridgehead atoms. The molecule has 42 heavy (non-hydrogen) atoms. The molecule has 0 saturated heterocycles. The summed E-state index contributed by atoms with van der Waals surface area (Å²) in [6.45, 7) is 0. The predicted molar refractivity (Wildman–Crippen MR) is 140 cm³/mol. The van der Waals surface area contributed by atoms with Gasteiger partial charge >= 0.3 is 12.1 Å². The molecule has 2 saturated carbocycles. The van der Waals surface area contributed by atoms with Gasteiger partial charge in [0.25, 0.3) is 11.8 Å². The Kier molecular flexibility index (Phi) is 6.79. The van der Waals surface area contributed by atoms with Gasteiger partial charge in [-0.3, -0.25) is 14.4 Å². The second kappa shape index (κ2) is 9.89. The minimum absolute atomic E-state index is 0.0343. The SMILES string of the molecule is O=C(O)C1CC=C(c2nn(C(=O)c3c(Cl)cccc3C3(C(F)(F)F)CC3)c3c2CCC(C(=O)NC2CC2(F)F)C3)CC1. The summed E-state index contributed by atoms with van der Waals surface area (Å²) in [5.74, 6) is -6.66. The van der Waals surface area contributed by atoms with Gasteiger partial charge in [-0.15, -0.1) is 0 Å². The molecule has 224 valence electrons.